The van der Waals surface area contributed by atoms with E-state index in [1.54, 1.807) is 0 Å². The van der Waals surface area contributed by atoms with Crippen LogP contribution in [0.2, 0.25) is 0 Å². The third-order valence-corrected chi connectivity index (χ3v) is 4.21. The molecule has 1 aromatic carbocycles. The van der Waals surface area contributed by atoms with Crippen LogP contribution in [0.1, 0.15) is 25.3 Å². The normalized spacial score (nSPS) is 17.1. The highest BCUT2D eigenvalue weighted by Gasteiger charge is 2.20. The van der Waals surface area contributed by atoms with E-state index in [-0.39, 0.29) is 0 Å². The molecule has 0 aromatic heterocycles. The van der Waals surface area contributed by atoms with Crippen molar-refractivity contribution in [1.29, 1.82) is 0 Å². The highest BCUT2D eigenvalue weighted by molar-refractivity contribution is 9.11. The second-order valence-corrected chi connectivity index (χ2v) is 6.47. The molecule has 1 saturated carbocycles. The van der Waals surface area contributed by atoms with Gasteiger partial charge in [0.25, 0.3) is 0 Å². The standard InChI is InChI=1S/C13H18Br2N2/c1-9(7-17-12-3-4-12)16-8-10-6-11(14)2-5-13(10)15/h2,5-6,9,12,16-17H,3-4,7-8H2,1H3. The predicted octanol–water partition coefficient (Wildman–Crippen LogP) is 3.44. The Kier molecular flexibility index (Phi) is 5.03. The lowest BCUT2D eigenvalue weighted by Crippen LogP contribution is -2.36. The van der Waals surface area contributed by atoms with Gasteiger partial charge in [0, 0.05) is 34.1 Å². The summed E-state index contributed by atoms with van der Waals surface area (Å²) in [5, 5.41) is 7.07. The van der Waals surface area contributed by atoms with Gasteiger partial charge in [0.1, 0.15) is 0 Å². The van der Waals surface area contributed by atoms with Crippen molar-refractivity contribution in [3.63, 3.8) is 0 Å². The molecule has 17 heavy (non-hydrogen) atoms. The van der Waals surface area contributed by atoms with Crippen LogP contribution in [0, 0.1) is 0 Å². The Bertz CT molecular complexity index is 378. The fourth-order valence-corrected chi connectivity index (χ4v) is 2.46. The van der Waals surface area contributed by atoms with Crippen LogP contribution in [0.3, 0.4) is 0 Å². The lowest BCUT2D eigenvalue weighted by Gasteiger charge is -2.15. The quantitative estimate of drug-likeness (QED) is 0.810. The van der Waals surface area contributed by atoms with Crippen molar-refractivity contribution in [2.45, 2.75) is 38.4 Å². The first kappa shape index (κ1) is 13.5. The molecule has 1 fully saturated rings. The van der Waals surface area contributed by atoms with E-state index in [1.807, 2.05) is 6.07 Å². The van der Waals surface area contributed by atoms with Gasteiger partial charge in [-0.25, -0.2) is 0 Å². The van der Waals surface area contributed by atoms with E-state index in [1.165, 1.54) is 18.4 Å². The van der Waals surface area contributed by atoms with E-state index in [9.17, 15) is 0 Å². The Hall–Kier alpha value is 0.1000. The highest BCUT2D eigenvalue weighted by Crippen LogP contribution is 2.21. The molecule has 2 rings (SSSR count). The van der Waals surface area contributed by atoms with Crippen LogP contribution in [0.5, 0.6) is 0 Å². The van der Waals surface area contributed by atoms with Crippen molar-refractivity contribution in [2.75, 3.05) is 6.54 Å². The molecule has 0 radical (unpaired) electrons. The Morgan fingerprint density at radius 1 is 1.35 bits per heavy atom. The summed E-state index contributed by atoms with van der Waals surface area (Å²) in [7, 11) is 0. The molecule has 0 spiro atoms. The smallest absolute Gasteiger partial charge is 0.0221 e. The van der Waals surface area contributed by atoms with Crippen molar-refractivity contribution in [3.05, 3.63) is 32.7 Å². The molecule has 1 aliphatic rings. The molecule has 0 heterocycles. The summed E-state index contributed by atoms with van der Waals surface area (Å²) < 4.78 is 2.29. The SMILES string of the molecule is CC(CNC1CC1)NCc1cc(Br)ccc1Br. The van der Waals surface area contributed by atoms with E-state index in [0.717, 1.165) is 28.1 Å². The molecule has 1 unspecified atom stereocenters. The van der Waals surface area contributed by atoms with Gasteiger partial charge >= 0.3 is 0 Å². The molecule has 0 bridgehead atoms. The Morgan fingerprint density at radius 2 is 2.12 bits per heavy atom. The molecule has 0 amide bonds. The number of benzene rings is 1. The van der Waals surface area contributed by atoms with Gasteiger partial charge in [0.05, 0.1) is 0 Å². The lowest BCUT2D eigenvalue weighted by molar-refractivity contribution is 0.499. The number of hydrogen-bond donors (Lipinski definition) is 2. The second-order valence-electron chi connectivity index (χ2n) is 4.70. The van der Waals surface area contributed by atoms with Gasteiger partial charge in [-0.15, -0.1) is 0 Å². The Balaban J connectivity index is 1.77. The first-order valence-electron chi connectivity index (χ1n) is 6.06. The molecule has 0 aliphatic heterocycles. The van der Waals surface area contributed by atoms with Crippen LogP contribution >= 0.6 is 31.9 Å². The van der Waals surface area contributed by atoms with Gasteiger partial charge in [-0.3, -0.25) is 0 Å². The van der Waals surface area contributed by atoms with Crippen molar-refractivity contribution < 1.29 is 0 Å². The third-order valence-electron chi connectivity index (χ3n) is 2.94. The van der Waals surface area contributed by atoms with Gasteiger partial charge in [-0.2, -0.15) is 0 Å². The van der Waals surface area contributed by atoms with E-state index < -0.39 is 0 Å². The van der Waals surface area contributed by atoms with Crippen LogP contribution in [0.4, 0.5) is 0 Å². The molecule has 0 saturated heterocycles. The van der Waals surface area contributed by atoms with Crippen molar-refractivity contribution in [2.24, 2.45) is 0 Å². The lowest BCUT2D eigenvalue weighted by atomic mass is 10.2. The van der Waals surface area contributed by atoms with Crippen molar-refractivity contribution >= 4 is 31.9 Å². The third kappa shape index (κ3) is 4.70. The first-order chi connectivity index (χ1) is 8.15. The zero-order valence-electron chi connectivity index (χ0n) is 9.97. The zero-order valence-corrected chi connectivity index (χ0v) is 13.1. The molecule has 94 valence electrons. The van der Waals surface area contributed by atoms with Crippen LogP contribution in [0.15, 0.2) is 27.1 Å². The van der Waals surface area contributed by atoms with Gasteiger partial charge in [0.15, 0.2) is 0 Å². The topological polar surface area (TPSA) is 24.1 Å². The summed E-state index contributed by atoms with van der Waals surface area (Å²) in [5.74, 6) is 0. The maximum atomic E-state index is 3.58. The van der Waals surface area contributed by atoms with E-state index in [0.29, 0.717) is 6.04 Å². The molecule has 2 nitrogen and oxygen atoms in total. The van der Waals surface area contributed by atoms with Gasteiger partial charge < -0.3 is 10.6 Å². The maximum Gasteiger partial charge on any atom is 0.0221 e. The fourth-order valence-electron chi connectivity index (χ4n) is 1.67. The number of rotatable bonds is 6. The van der Waals surface area contributed by atoms with Gasteiger partial charge in [-0.05, 0) is 43.5 Å². The minimum absolute atomic E-state index is 0.501. The van der Waals surface area contributed by atoms with Crippen molar-refractivity contribution in [3.8, 4) is 0 Å². The van der Waals surface area contributed by atoms with Crippen LogP contribution in [0.25, 0.3) is 0 Å². The molecule has 4 heteroatoms. The maximum absolute atomic E-state index is 3.58. The average Bonchev–Trinajstić information content (AvgIpc) is 3.11. The highest BCUT2D eigenvalue weighted by atomic mass is 79.9. The molecular weight excluding hydrogens is 344 g/mol. The summed E-state index contributed by atoms with van der Waals surface area (Å²) in [6.45, 7) is 4.17. The van der Waals surface area contributed by atoms with Crippen LogP contribution in [-0.2, 0) is 6.54 Å². The molecule has 2 N–H and O–H groups in total. The van der Waals surface area contributed by atoms with Crippen LogP contribution in [-0.4, -0.2) is 18.6 Å². The molecular formula is C13H18Br2N2. The number of halogens is 2. The summed E-state index contributed by atoms with van der Waals surface area (Å²) in [5.41, 5.74) is 1.29. The van der Waals surface area contributed by atoms with Crippen LogP contribution < -0.4 is 10.6 Å². The second kappa shape index (κ2) is 6.32. The molecule has 1 atom stereocenters. The van der Waals surface area contributed by atoms with Crippen molar-refractivity contribution in [1.82, 2.24) is 10.6 Å². The Morgan fingerprint density at radius 3 is 2.82 bits per heavy atom. The molecule has 1 aromatic rings. The summed E-state index contributed by atoms with van der Waals surface area (Å²) in [4.78, 5) is 0. The summed E-state index contributed by atoms with van der Waals surface area (Å²) in [6, 6.07) is 7.57. The van der Waals surface area contributed by atoms with E-state index in [4.69, 9.17) is 0 Å². The minimum Gasteiger partial charge on any atom is -0.312 e. The van der Waals surface area contributed by atoms with Gasteiger partial charge in [0.2, 0.25) is 0 Å². The predicted molar refractivity (Wildman–Crippen MR) is 79.2 cm³/mol. The summed E-state index contributed by atoms with van der Waals surface area (Å²) >= 11 is 7.08. The molecule has 1 aliphatic carbocycles. The Labute approximate surface area is 120 Å². The number of hydrogen-bond acceptors (Lipinski definition) is 2. The van der Waals surface area contributed by atoms with E-state index >= 15 is 0 Å². The first-order valence-corrected chi connectivity index (χ1v) is 7.64. The fraction of sp³-hybridized carbons (Fsp3) is 0.538. The average molecular weight is 362 g/mol. The van der Waals surface area contributed by atoms with Gasteiger partial charge in [-0.1, -0.05) is 31.9 Å². The van der Waals surface area contributed by atoms with E-state index in [2.05, 4.69) is 61.5 Å². The largest absolute Gasteiger partial charge is 0.312 e. The monoisotopic (exact) mass is 360 g/mol. The summed E-state index contributed by atoms with van der Waals surface area (Å²) in [6.07, 6.45) is 2.70. The number of nitrogens with one attached hydrogen (secondary N) is 2. The minimum atomic E-state index is 0.501. The zero-order chi connectivity index (χ0) is 12.3.